The molecular weight excluding hydrogens is 298 g/mol. The summed E-state index contributed by atoms with van der Waals surface area (Å²) >= 11 is 0. The molecule has 1 atom stereocenters. The molecule has 0 aliphatic heterocycles. The Morgan fingerprint density at radius 1 is 1.35 bits per heavy atom. The third-order valence-electron chi connectivity index (χ3n) is 3.11. The molecule has 1 unspecified atom stereocenters. The Hall–Kier alpha value is -2.84. The highest BCUT2D eigenvalue weighted by Crippen LogP contribution is 2.12. The largest absolute Gasteiger partial charge is 0.338 e. The number of nitrogens with zero attached hydrogens (tertiary/aromatic N) is 6. The Morgan fingerprint density at radius 2 is 2.17 bits per heavy atom. The van der Waals surface area contributed by atoms with Crippen molar-refractivity contribution in [3.8, 4) is 0 Å². The van der Waals surface area contributed by atoms with E-state index >= 15 is 0 Å². The van der Waals surface area contributed by atoms with E-state index < -0.39 is 11.9 Å². The van der Waals surface area contributed by atoms with Gasteiger partial charge in [0.1, 0.15) is 6.04 Å². The number of fused-ring (bicyclic) bond motifs is 1. The SMILES string of the molecule is CC(C)Cc1noc(C(C)NC(=O)c2nc3ncccn3n2)n1. The molecule has 1 amide bonds. The van der Waals surface area contributed by atoms with Gasteiger partial charge in [-0.15, -0.1) is 5.10 Å². The number of carbonyl (C=O) groups is 1. The molecule has 3 aromatic rings. The van der Waals surface area contributed by atoms with Crippen LogP contribution in [0.15, 0.2) is 23.0 Å². The summed E-state index contributed by atoms with van der Waals surface area (Å²) in [7, 11) is 0. The molecule has 1 N–H and O–H groups in total. The smallest absolute Gasteiger partial charge is 0.291 e. The monoisotopic (exact) mass is 315 g/mol. The van der Waals surface area contributed by atoms with Crippen LogP contribution in [0, 0.1) is 5.92 Å². The summed E-state index contributed by atoms with van der Waals surface area (Å²) in [6.07, 6.45) is 3.98. The molecule has 0 aliphatic carbocycles. The zero-order chi connectivity index (χ0) is 16.4. The van der Waals surface area contributed by atoms with Gasteiger partial charge < -0.3 is 9.84 Å². The van der Waals surface area contributed by atoms with Crippen molar-refractivity contribution >= 4 is 11.7 Å². The van der Waals surface area contributed by atoms with E-state index in [1.807, 2.05) is 0 Å². The van der Waals surface area contributed by atoms with E-state index in [2.05, 4.69) is 44.4 Å². The summed E-state index contributed by atoms with van der Waals surface area (Å²) in [5.41, 5.74) is 0. The highest BCUT2D eigenvalue weighted by Gasteiger charge is 2.20. The fourth-order valence-electron chi connectivity index (χ4n) is 2.04. The minimum Gasteiger partial charge on any atom is -0.338 e. The molecule has 0 saturated carbocycles. The van der Waals surface area contributed by atoms with Crippen LogP contribution in [-0.2, 0) is 6.42 Å². The van der Waals surface area contributed by atoms with E-state index in [9.17, 15) is 4.79 Å². The Bertz CT molecular complexity index is 790. The van der Waals surface area contributed by atoms with E-state index in [0.29, 0.717) is 23.4 Å². The van der Waals surface area contributed by atoms with Crippen molar-refractivity contribution in [2.24, 2.45) is 5.92 Å². The molecule has 3 aromatic heterocycles. The number of hydrogen-bond acceptors (Lipinski definition) is 7. The molecule has 3 heterocycles. The minimum absolute atomic E-state index is 0.0393. The summed E-state index contributed by atoms with van der Waals surface area (Å²) in [5, 5.41) is 10.7. The van der Waals surface area contributed by atoms with Crippen LogP contribution in [-0.4, -0.2) is 35.6 Å². The lowest BCUT2D eigenvalue weighted by Gasteiger charge is -2.06. The first-order valence-corrected chi connectivity index (χ1v) is 7.33. The van der Waals surface area contributed by atoms with Crippen molar-refractivity contribution in [1.82, 2.24) is 35.0 Å². The highest BCUT2D eigenvalue weighted by molar-refractivity contribution is 5.90. The average molecular weight is 315 g/mol. The Morgan fingerprint density at radius 3 is 2.91 bits per heavy atom. The molecule has 3 rings (SSSR count). The van der Waals surface area contributed by atoms with Gasteiger partial charge >= 0.3 is 0 Å². The molecular formula is C14H17N7O2. The second kappa shape index (κ2) is 6.11. The zero-order valence-electron chi connectivity index (χ0n) is 13.1. The molecule has 0 fully saturated rings. The Labute approximate surface area is 132 Å². The van der Waals surface area contributed by atoms with Crippen LogP contribution in [0.2, 0.25) is 0 Å². The van der Waals surface area contributed by atoms with Crippen molar-refractivity contribution in [2.45, 2.75) is 33.2 Å². The first-order valence-electron chi connectivity index (χ1n) is 7.33. The van der Waals surface area contributed by atoms with Gasteiger partial charge in [0.2, 0.25) is 11.7 Å². The summed E-state index contributed by atoms with van der Waals surface area (Å²) < 4.78 is 6.63. The summed E-state index contributed by atoms with van der Waals surface area (Å²) in [6.45, 7) is 5.91. The molecule has 120 valence electrons. The molecule has 0 aromatic carbocycles. The van der Waals surface area contributed by atoms with Gasteiger partial charge in [0, 0.05) is 18.8 Å². The van der Waals surface area contributed by atoms with Crippen LogP contribution < -0.4 is 5.32 Å². The molecule has 0 bridgehead atoms. The lowest BCUT2D eigenvalue weighted by molar-refractivity contribution is 0.0922. The third kappa shape index (κ3) is 3.33. The fourth-order valence-corrected chi connectivity index (χ4v) is 2.04. The standard InChI is InChI=1S/C14H17N7O2/c1-8(2)7-10-17-13(23-20-10)9(3)16-12(22)11-18-14-15-5-4-6-21(14)19-11/h4-6,8-9H,7H2,1-3H3,(H,16,22). The maximum absolute atomic E-state index is 12.2. The van der Waals surface area contributed by atoms with Gasteiger partial charge in [0.25, 0.3) is 11.7 Å². The first-order chi connectivity index (χ1) is 11.0. The van der Waals surface area contributed by atoms with E-state index in [0.717, 1.165) is 6.42 Å². The number of rotatable bonds is 5. The van der Waals surface area contributed by atoms with Crippen LogP contribution in [0.5, 0.6) is 0 Å². The van der Waals surface area contributed by atoms with Crippen LogP contribution >= 0.6 is 0 Å². The Balaban J connectivity index is 1.70. The van der Waals surface area contributed by atoms with Gasteiger partial charge in [0.05, 0.1) is 0 Å². The first kappa shape index (κ1) is 15.1. The van der Waals surface area contributed by atoms with Crippen molar-refractivity contribution < 1.29 is 9.32 Å². The van der Waals surface area contributed by atoms with Crippen molar-refractivity contribution in [1.29, 1.82) is 0 Å². The third-order valence-corrected chi connectivity index (χ3v) is 3.11. The molecule has 9 nitrogen and oxygen atoms in total. The molecule has 0 aliphatic rings. The van der Waals surface area contributed by atoms with Crippen LogP contribution in [0.25, 0.3) is 5.78 Å². The van der Waals surface area contributed by atoms with Crippen molar-refractivity contribution in [3.05, 3.63) is 36.0 Å². The summed E-state index contributed by atoms with van der Waals surface area (Å²) in [4.78, 5) is 24.6. The lowest BCUT2D eigenvalue weighted by Crippen LogP contribution is -2.28. The molecule has 23 heavy (non-hydrogen) atoms. The van der Waals surface area contributed by atoms with E-state index in [1.54, 1.807) is 25.4 Å². The van der Waals surface area contributed by atoms with E-state index in [-0.39, 0.29) is 5.82 Å². The number of aromatic nitrogens is 6. The minimum atomic E-state index is -0.435. The summed E-state index contributed by atoms with van der Waals surface area (Å²) in [6, 6.07) is 1.27. The number of carbonyl (C=O) groups excluding carboxylic acids is 1. The molecule has 0 radical (unpaired) electrons. The van der Waals surface area contributed by atoms with Crippen LogP contribution in [0.1, 0.15) is 49.1 Å². The number of amides is 1. The quantitative estimate of drug-likeness (QED) is 0.753. The van der Waals surface area contributed by atoms with E-state index in [1.165, 1.54) is 4.52 Å². The maximum atomic E-state index is 12.2. The number of hydrogen-bond donors (Lipinski definition) is 1. The van der Waals surface area contributed by atoms with Gasteiger partial charge in [-0.2, -0.15) is 9.97 Å². The van der Waals surface area contributed by atoms with Gasteiger partial charge in [-0.05, 0) is 18.9 Å². The predicted molar refractivity (Wildman–Crippen MR) is 79.5 cm³/mol. The normalized spacial score (nSPS) is 12.7. The van der Waals surface area contributed by atoms with Crippen LogP contribution in [0.4, 0.5) is 0 Å². The molecule has 0 spiro atoms. The highest BCUT2D eigenvalue weighted by atomic mass is 16.5. The van der Waals surface area contributed by atoms with Gasteiger partial charge in [0.15, 0.2) is 5.82 Å². The molecule has 9 heteroatoms. The zero-order valence-corrected chi connectivity index (χ0v) is 13.1. The van der Waals surface area contributed by atoms with Crippen molar-refractivity contribution in [3.63, 3.8) is 0 Å². The topological polar surface area (TPSA) is 111 Å². The van der Waals surface area contributed by atoms with E-state index in [4.69, 9.17) is 4.52 Å². The van der Waals surface area contributed by atoms with Gasteiger partial charge in [-0.1, -0.05) is 19.0 Å². The summed E-state index contributed by atoms with van der Waals surface area (Å²) in [5.74, 6) is 1.40. The van der Waals surface area contributed by atoms with Crippen LogP contribution in [0.3, 0.4) is 0 Å². The number of nitrogens with one attached hydrogen (secondary N) is 1. The predicted octanol–water partition coefficient (Wildman–Crippen LogP) is 1.20. The lowest BCUT2D eigenvalue weighted by atomic mass is 10.1. The van der Waals surface area contributed by atoms with Gasteiger partial charge in [-0.25, -0.2) is 9.50 Å². The second-order valence-corrected chi connectivity index (χ2v) is 5.64. The van der Waals surface area contributed by atoms with Crippen molar-refractivity contribution in [2.75, 3.05) is 0 Å². The maximum Gasteiger partial charge on any atom is 0.291 e. The fraction of sp³-hybridized carbons (Fsp3) is 0.429. The average Bonchev–Trinajstić information content (AvgIpc) is 3.12. The Kier molecular flexibility index (Phi) is 4.00. The second-order valence-electron chi connectivity index (χ2n) is 5.64. The van der Waals surface area contributed by atoms with Gasteiger partial charge in [-0.3, -0.25) is 4.79 Å². The molecule has 0 saturated heterocycles.